The summed E-state index contributed by atoms with van der Waals surface area (Å²) in [6.45, 7) is 6.42. The highest BCUT2D eigenvalue weighted by molar-refractivity contribution is 6.31. The van der Waals surface area contributed by atoms with E-state index in [0.717, 1.165) is 28.1 Å². The molecule has 0 aliphatic heterocycles. The molecule has 0 unspecified atom stereocenters. The molecule has 0 bridgehead atoms. The summed E-state index contributed by atoms with van der Waals surface area (Å²) in [6.07, 6.45) is 0.360. The third-order valence-corrected chi connectivity index (χ3v) is 4.30. The highest BCUT2D eigenvalue weighted by atomic mass is 35.5. The lowest BCUT2D eigenvalue weighted by Gasteiger charge is -2.14. The molecule has 0 saturated carbocycles. The standard InChI is InChI=1S/C19H23ClN2O2/c1-12-6-5-7-13(2)19(12)22-18(23)8-9-21-16-10-14(3)15(20)11-17(16)24-4/h5-7,10-11,21H,8-9H2,1-4H3,(H,22,23). The van der Waals surface area contributed by atoms with Gasteiger partial charge in [-0.3, -0.25) is 4.79 Å². The smallest absolute Gasteiger partial charge is 0.226 e. The van der Waals surface area contributed by atoms with E-state index in [9.17, 15) is 4.79 Å². The monoisotopic (exact) mass is 346 g/mol. The Hall–Kier alpha value is -2.20. The fourth-order valence-corrected chi connectivity index (χ4v) is 2.65. The second-order valence-corrected chi connectivity index (χ2v) is 6.20. The predicted molar refractivity (Wildman–Crippen MR) is 100 cm³/mol. The van der Waals surface area contributed by atoms with Crippen LogP contribution in [0.15, 0.2) is 30.3 Å². The van der Waals surface area contributed by atoms with Crippen molar-refractivity contribution < 1.29 is 9.53 Å². The minimum absolute atomic E-state index is 0.0236. The Bertz CT molecular complexity index is 724. The van der Waals surface area contributed by atoms with E-state index in [2.05, 4.69) is 10.6 Å². The predicted octanol–water partition coefficient (Wildman–Crippen LogP) is 4.71. The van der Waals surface area contributed by atoms with Gasteiger partial charge < -0.3 is 15.4 Å². The molecule has 0 aromatic heterocycles. The van der Waals surface area contributed by atoms with Gasteiger partial charge in [-0.25, -0.2) is 0 Å². The van der Waals surface area contributed by atoms with Crippen LogP contribution >= 0.6 is 11.6 Å². The molecule has 2 rings (SSSR count). The van der Waals surface area contributed by atoms with Gasteiger partial charge >= 0.3 is 0 Å². The van der Waals surface area contributed by atoms with Gasteiger partial charge in [0, 0.05) is 29.7 Å². The van der Waals surface area contributed by atoms with Crippen molar-refractivity contribution in [2.75, 3.05) is 24.3 Å². The number of benzene rings is 2. The molecular formula is C19H23ClN2O2. The molecule has 0 aliphatic rings. The minimum Gasteiger partial charge on any atom is -0.495 e. The first-order valence-electron chi connectivity index (χ1n) is 7.86. The molecule has 24 heavy (non-hydrogen) atoms. The quantitative estimate of drug-likeness (QED) is 0.796. The van der Waals surface area contributed by atoms with Crippen molar-refractivity contribution in [2.45, 2.75) is 27.2 Å². The number of carbonyl (C=O) groups excluding carboxylic acids is 1. The van der Waals surface area contributed by atoms with E-state index in [0.29, 0.717) is 23.7 Å². The second-order valence-electron chi connectivity index (χ2n) is 5.79. The molecule has 128 valence electrons. The van der Waals surface area contributed by atoms with Gasteiger partial charge in [0.25, 0.3) is 0 Å². The molecule has 2 aromatic carbocycles. The third kappa shape index (κ3) is 4.42. The van der Waals surface area contributed by atoms with Gasteiger partial charge in [0.1, 0.15) is 5.75 Å². The van der Waals surface area contributed by atoms with Crippen LogP contribution in [0.4, 0.5) is 11.4 Å². The maximum absolute atomic E-state index is 12.2. The Labute approximate surface area is 148 Å². The number of halogens is 1. The number of amides is 1. The molecule has 2 aromatic rings. The molecule has 0 atom stereocenters. The van der Waals surface area contributed by atoms with Crippen LogP contribution in [0.1, 0.15) is 23.1 Å². The van der Waals surface area contributed by atoms with Crippen LogP contribution in [-0.2, 0) is 4.79 Å². The van der Waals surface area contributed by atoms with Gasteiger partial charge in [-0.15, -0.1) is 0 Å². The lowest BCUT2D eigenvalue weighted by molar-refractivity contribution is -0.115. The second kappa shape index (κ2) is 8.06. The van der Waals surface area contributed by atoms with Crippen LogP contribution in [0.3, 0.4) is 0 Å². The molecule has 1 amide bonds. The first kappa shape index (κ1) is 18.1. The maximum Gasteiger partial charge on any atom is 0.226 e. The lowest BCUT2D eigenvalue weighted by Crippen LogP contribution is -2.17. The fourth-order valence-electron chi connectivity index (χ4n) is 2.49. The number of hydrogen-bond donors (Lipinski definition) is 2. The molecule has 2 N–H and O–H groups in total. The van der Waals surface area contributed by atoms with E-state index in [-0.39, 0.29) is 5.91 Å². The van der Waals surface area contributed by atoms with E-state index < -0.39 is 0 Å². The average Bonchev–Trinajstić information content (AvgIpc) is 2.54. The van der Waals surface area contributed by atoms with Crippen molar-refractivity contribution >= 4 is 28.9 Å². The first-order valence-corrected chi connectivity index (χ1v) is 8.24. The molecule has 0 aliphatic carbocycles. The van der Waals surface area contributed by atoms with Crippen LogP contribution in [0.25, 0.3) is 0 Å². The fraction of sp³-hybridized carbons (Fsp3) is 0.316. The van der Waals surface area contributed by atoms with Crippen LogP contribution in [0.2, 0.25) is 5.02 Å². The van der Waals surface area contributed by atoms with Crippen molar-refractivity contribution in [2.24, 2.45) is 0 Å². The number of aryl methyl sites for hydroxylation is 3. The summed E-state index contributed by atoms with van der Waals surface area (Å²) >= 11 is 6.10. The highest BCUT2D eigenvalue weighted by Crippen LogP contribution is 2.30. The summed E-state index contributed by atoms with van der Waals surface area (Å²) in [5.41, 5.74) is 4.80. The molecule has 0 heterocycles. The number of anilines is 2. The van der Waals surface area contributed by atoms with Crippen molar-refractivity contribution in [3.63, 3.8) is 0 Å². The largest absolute Gasteiger partial charge is 0.495 e. The molecule has 5 heteroatoms. The summed E-state index contributed by atoms with van der Waals surface area (Å²) in [4.78, 5) is 12.2. The Morgan fingerprint density at radius 1 is 1.12 bits per heavy atom. The van der Waals surface area contributed by atoms with Gasteiger partial charge in [-0.1, -0.05) is 29.8 Å². The Morgan fingerprint density at radius 3 is 2.42 bits per heavy atom. The van der Waals surface area contributed by atoms with Crippen molar-refractivity contribution in [3.8, 4) is 5.75 Å². The summed E-state index contributed by atoms with van der Waals surface area (Å²) < 4.78 is 5.32. The first-order chi connectivity index (χ1) is 11.4. The third-order valence-electron chi connectivity index (χ3n) is 3.89. The molecule has 0 saturated heterocycles. The van der Waals surface area contributed by atoms with Gasteiger partial charge in [-0.2, -0.15) is 0 Å². The summed E-state index contributed by atoms with van der Waals surface area (Å²) in [5, 5.41) is 6.87. The SMILES string of the molecule is COc1cc(Cl)c(C)cc1NCCC(=O)Nc1c(C)cccc1C. The zero-order chi connectivity index (χ0) is 17.7. The highest BCUT2D eigenvalue weighted by Gasteiger charge is 2.09. The van der Waals surface area contributed by atoms with Crippen LogP contribution in [0, 0.1) is 20.8 Å². The average molecular weight is 347 g/mol. The maximum atomic E-state index is 12.2. The molecule has 0 radical (unpaired) electrons. The van der Waals surface area contributed by atoms with Crippen LogP contribution in [-0.4, -0.2) is 19.6 Å². The van der Waals surface area contributed by atoms with Crippen molar-refractivity contribution in [1.82, 2.24) is 0 Å². The number of para-hydroxylation sites is 1. The van der Waals surface area contributed by atoms with Gasteiger partial charge in [0.15, 0.2) is 0 Å². The Kier molecular flexibility index (Phi) is 6.10. The molecule has 4 nitrogen and oxygen atoms in total. The number of ether oxygens (including phenoxy) is 1. The normalized spacial score (nSPS) is 10.4. The lowest BCUT2D eigenvalue weighted by atomic mass is 10.1. The zero-order valence-corrected chi connectivity index (χ0v) is 15.3. The van der Waals surface area contributed by atoms with Crippen molar-refractivity contribution in [3.05, 3.63) is 52.0 Å². The van der Waals surface area contributed by atoms with Gasteiger partial charge in [0.2, 0.25) is 5.91 Å². The number of hydrogen-bond acceptors (Lipinski definition) is 3. The summed E-state index contributed by atoms with van der Waals surface area (Å²) in [5.74, 6) is 0.644. The molecule has 0 spiro atoms. The Morgan fingerprint density at radius 2 is 1.79 bits per heavy atom. The number of rotatable bonds is 6. The number of nitrogens with one attached hydrogen (secondary N) is 2. The van der Waals surface area contributed by atoms with E-state index in [4.69, 9.17) is 16.3 Å². The molecular weight excluding hydrogens is 324 g/mol. The van der Waals surface area contributed by atoms with E-state index >= 15 is 0 Å². The Balaban J connectivity index is 1.95. The summed E-state index contributed by atoms with van der Waals surface area (Å²) in [6, 6.07) is 9.65. The van der Waals surface area contributed by atoms with E-state index in [1.165, 1.54) is 0 Å². The van der Waals surface area contributed by atoms with Gasteiger partial charge in [0.05, 0.1) is 12.8 Å². The zero-order valence-electron chi connectivity index (χ0n) is 14.5. The number of carbonyl (C=O) groups is 1. The van der Waals surface area contributed by atoms with Crippen LogP contribution in [0.5, 0.6) is 5.75 Å². The summed E-state index contributed by atoms with van der Waals surface area (Å²) in [7, 11) is 1.60. The molecule has 0 fully saturated rings. The number of methoxy groups -OCH3 is 1. The minimum atomic E-state index is -0.0236. The van der Waals surface area contributed by atoms with E-state index in [1.54, 1.807) is 13.2 Å². The van der Waals surface area contributed by atoms with Crippen molar-refractivity contribution in [1.29, 1.82) is 0 Å². The van der Waals surface area contributed by atoms with Crippen LogP contribution < -0.4 is 15.4 Å². The van der Waals surface area contributed by atoms with Gasteiger partial charge in [-0.05, 0) is 43.5 Å². The topological polar surface area (TPSA) is 50.4 Å². The van der Waals surface area contributed by atoms with E-state index in [1.807, 2.05) is 45.0 Å².